The van der Waals surface area contributed by atoms with Crippen molar-refractivity contribution in [2.24, 2.45) is 0 Å². The molecule has 0 saturated heterocycles. The Hall–Kier alpha value is -0.970. The molecule has 1 atom stereocenters. The zero-order chi connectivity index (χ0) is 13.4. The van der Waals surface area contributed by atoms with Crippen LogP contribution in [0.15, 0.2) is 24.3 Å². The fourth-order valence-corrected chi connectivity index (χ4v) is 1.90. The minimum absolute atomic E-state index is 0.184. The summed E-state index contributed by atoms with van der Waals surface area (Å²) in [6, 6.07) is 7.02. The third-order valence-corrected chi connectivity index (χ3v) is 2.93. The molecule has 0 radical (unpaired) electrons. The van der Waals surface area contributed by atoms with E-state index in [1.165, 1.54) is 6.07 Å². The molecule has 1 N–H and O–H groups in total. The Bertz CT molecular complexity index is 346. The van der Waals surface area contributed by atoms with Crippen molar-refractivity contribution in [3.8, 4) is 0 Å². The number of likely N-dealkylation sites (N-methyl/N-ethyl adjacent to an activating group) is 2. The van der Waals surface area contributed by atoms with Gasteiger partial charge in [0.15, 0.2) is 0 Å². The number of methoxy groups -OCH3 is 1. The smallest absolute Gasteiger partial charge is 0.123 e. The Morgan fingerprint density at radius 1 is 1.44 bits per heavy atom. The van der Waals surface area contributed by atoms with Crippen LogP contribution in [0.4, 0.5) is 4.39 Å². The van der Waals surface area contributed by atoms with E-state index in [0.29, 0.717) is 12.6 Å². The predicted octanol–water partition coefficient (Wildman–Crippen LogP) is 1.88. The lowest BCUT2D eigenvalue weighted by Gasteiger charge is -2.27. The lowest BCUT2D eigenvalue weighted by Crippen LogP contribution is -2.42. The molecule has 0 heterocycles. The molecule has 18 heavy (non-hydrogen) atoms. The molecule has 1 aromatic rings. The monoisotopic (exact) mass is 254 g/mol. The van der Waals surface area contributed by atoms with Crippen molar-refractivity contribution in [2.45, 2.75) is 19.5 Å². The molecule has 1 rings (SSSR count). The molecule has 0 aromatic heterocycles. The van der Waals surface area contributed by atoms with Gasteiger partial charge in [-0.3, -0.25) is 4.90 Å². The van der Waals surface area contributed by atoms with Crippen molar-refractivity contribution in [1.82, 2.24) is 10.2 Å². The van der Waals surface area contributed by atoms with E-state index in [4.69, 9.17) is 4.74 Å². The fraction of sp³-hybridized carbons (Fsp3) is 0.571. The Morgan fingerprint density at radius 2 is 2.22 bits per heavy atom. The van der Waals surface area contributed by atoms with Crippen molar-refractivity contribution in [1.29, 1.82) is 0 Å². The van der Waals surface area contributed by atoms with Gasteiger partial charge in [0.25, 0.3) is 0 Å². The van der Waals surface area contributed by atoms with Crippen molar-refractivity contribution < 1.29 is 9.13 Å². The topological polar surface area (TPSA) is 24.5 Å². The standard InChI is InChI=1S/C14H23FN2O/c1-4-16-9-14(11-18-3)17(2)10-12-6-5-7-13(15)8-12/h5-8,14,16H,4,9-11H2,1-3H3. The van der Waals surface area contributed by atoms with Crippen LogP contribution in [0.25, 0.3) is 0 Å². The summed E-state index contributed by atoms with van der Waals surface area (Å²) in [4.78, 5) is 2.18. The highest BCUT2D eigenvalue weighted by molar-refractivity contribution is 5.16. The van der Waals surface area contributed by atoms with Crippen LogP contribution in [0.3, 0.4) is 0 Å². The first kappa shape index (κ1) is 15.1. The summed E-state index contributed by atoms with van der Waals surface area (Å²) in [7, 11) is 3.74. The van der Waals surface area contributed by atoms with Crippen LogP contribution in [0.1, 0.15) is 12.5 Å². The van der Waals surface area contributed by atoms with Crippen LogP contribution in [0, 0.1) is 5.82 Å². The van der Waals surface area contributed by atoms with Gasteiger partial charge in [-0.2, -0.15) is 0 Å². The van der Waals surface area contributed by atoms with E-state index in [1.54, 1.807) is 19.2 Å². The van der Waals surface area contributed by atoms with E-state index >= 15 is 0 Å². The van der Waals surface area contributed by atoms with Crippen LogP contribution in [-0.2, 0) is 11.3 Å². The molecule has 1 aromatic carbocycles. The lowest BCUT2D eigenvalue weighted by atomic mass is 10.2. The summed E-state index contributed by atoms with van der Waals surface area (Å²) in [6.45, 7) is 5.27. The highest BCUT2D eigenvalue weighted by atomic mass is 19.1. The normalized spacial score (nSPS) is 12.9. The van der Waals surface area contributed by atoms with Crippen molar-refractivity contribution in [2.75, 3.05) is 33.9 Å². The first-order valence-electron chi connectivity index (χ1n) is 6.31. The van der Waals surface area contributed by atoms with Crippen LogP contribution < -0.4 is 5.32 Å². The van der Waals surface area contributed by atoms with E-state index in [1.807, 2.05) is 13.1 Å². The summed E-state index contributed by atoms with van der Waals surface area (Å²) in [6.07, 6.45) is 0. The van der Waals surface area contributed by atoms with Crippen LogP contribution in [-0.4, -0.2) is 44.8 Å². The van der Waals surface area contributed by atoms with Gasteiger partial charge in [0.05, 0.1) is 6.61 Å². The predicted molar refractivity (Wildman–Crippen MR) is 72.1 cm³/mol. The second-order valence-electron chi connectivity index (χ2n) is 4.46. The zero-order valence-electron chi connectivity index (χ0n) is 11.4. The molecule has 0 saturated carbocycles. The largest absolute Gasteiger partial charge is 0.383 e. The molecule has 3 nitrogen and oxygen atoms in total. The average molecular weight is 254 g/mol. The van der Waals surface area contributed by atoms with Crippen molar-refractivity contribution >= 4 is 0 Å². The molecule has 0 spiro atoms. The summed E-state index contributed by atoms with van der Waals surface area (Å²) < 4.78 is 18.3. The number of ether oxygens (including phenoxy) is 1. The molecule has 1 unspecified atom stereocenters. The Kier molecular flexibility index (Phi) is 6.86. The maximum Gasteiger partial charge on any atom is 0.123 e. The number of halogens is 1. The highest BCUT2D eigenvalue weighted by Crippen LogP contribution is 2.08. The number of hydrogen-bond donors (Lipinski definition) is 1. The molecule has 0 aliphatic carbocycles. The van der Waals surface area contributed by atoms with E-state index in [9.17, 15) is 4.39 Å². The van der Waals surface area contributed by atoms with Gasteiger partial charge in [0.2, 0.25) is 0 Å². The second kappa shape index (κ2) is 8.19. The fourth-order valence-electron chi connectivity index (χ4n) is 1.90. The zero-order valence-corrected chi connectivity index (χ0v) is 11.4. The minimum atomic E-state index is -0.184. The molecule has 4 heteroatoms. The second-order valence-corrected chi connectivity index (χ2v) is 4.46. The van der Waals surface area contributed by atoms with Crippen LogP contribution in [0.5, 0.6) is 0 Å². The van der Waals surface area contributed by atoms with E-state index < -0.39 is 0 Å². The van der Waals surface area contributed by atoms with Gasteiger partial charge in [-0.1, -0.05) is 19.1 Å². The lowest BCUT2D eigenvalue weighted by molar-refractivity contribution is 0.102. The third kappa shape index (κ3) is 5.12. The number of hydrogen-bond acceptors (Lipinski definition) is 3. The number of rotatable bonds is 8. The first-order valence-corrected chi connectivity index (χ1v) is 6.31. The van der Waals surface area contributed by atoms with Gasteiger partial charge in [0.1, 0.15) is 5.82 Å². The molecular formula is C14H23FN2O. The Morgan fingerprint density at radius 3 is 2.83 bits per heavy atom. The summed E-state index contributed by atoms with van der Waals surface area (Å²) in [5.41, 5.74) is 0.982. The van der Waals surface area contributed by atoms with Crippen molar-refractivity contribution in [3.05, 3.63) is 35.6 Å². The minimum Gasteiger partial charge on any atom is -0.383 e. The number of nitrogens with one attached hydrogen (secondary N) is 1. The first-order chi connectivity index (χ1) is 8.67. The van der Waals surface area contributed by atoms with Gasteiger partial charge < -0.3 is 10.1 Å². The van der Waals surface area contributed by atoms with E-state index in [2.05, 4.69) is 17.1 Å². The third-order valence-electron chi connectivity index (χ3n) is 2.93. The quantitative estimate of drug-likeness (QED) is 0.766. The average Bonchev–Trinajstić information content (AvgIpc) is 2.34. The molecule has 102 valence electrons. The molecule has 0 bridgehead atoms. The van der Waals surface area contributed by atoms with E-state index in [-0.39, 0.29) is 5.82 Å². The molecule has 0 aliphatic heterocycles. The van der Waals surface area contributed by atoms with Crippen LogP contribution in [0.2, 0.25) is 0 Å². The molecule has 0 aliphatic rings. The molecule has 0 amide bonds. The maximum atomic E-state index is 13.1. The van der Waals surface area contributed by atoms with E-state index in [0.717, 1.165) is 25.2 Å². The SMILES string of the molecule is CCNCC(COC)N(C)Cc1cccc(F)c1. The van der Waals surface area contributed by atoms with Crippen LogP contribution >= 0.6 is 0 Å². The maximum absolute atomic E-state index is 13.1. The summed E-state index contributed by atoms with van der Waals surface area (Å²) >= 11 is 0. The summed E-state index contributed by atoms with van der Waals surface area (Å²) in [5.74, 6) is -0.184. The Balaban J connectivity index is 2.56. The molecular weight excluding hydrogens is 231 g/mol. The van der Waals surface area contributed by atoms with Gasteiger partial charge in [0, 0.05) is 26.2 Å². The van der Waals surface area contributed by atoms with Crippen molar-refractivity contribution in [3.63, 3.8) is 0 Å². The van der Waals surface area contributed by atoms with Gasteiger partial charge in [-0.25, -0.2) is 4.39 Å². The number of nitrogens with zero attached hydrogens (tertiary/aromatic N) is 1. The summed E-state index contributed by atoms with van der Waals surface area (Å²) in [5, 5.41) is 3.32. The number of benzene rings is 1. The Labute approximate surface area is 109 Å². The van der Waals surface area contributed by atoms with Gasteiger partial charge >= 0.3 is 0 Å². The highest BCUT2D eigenvalue weighted by Gasteiger charge is 2.14. The van der Waals surface area contributed by atoms with Gasteiger partial charge in [-0.05, 0) is 31.3 Å². The molecule has 0 fully saturated rings. The van der Waals surface area contributed by atoms with Gasteiger partial charge in [-0.15, -0.1) is 0 Å².